The minimum Gasteiger partial charge on any atom is -0.327 e. The number of carbonyl (C=O) groups excluding carboxylic acids is 1. The van der Waals surface area contributed by atoms with Crippen molar-refractivity contribution in [3.8, 4) is 6.07 Å². The maximum Gasteiger partial charge on any atom is 0.239 e. The van der Waals surface area contributed by atoms with E-state index in [1.54, 1.807) is 0 Å². The highest BCUT2D eigenvalue weighted by atomic mass is 32.2. The van der Waals surface area contributed by atoms with Crippen LogP contribution >= 0.6 is 11.8 Å². The van der Waals surface area contributed by atoms with E-state index in [0.29, 0.717) is 29.4 Å². The Balaban J connectivity index is 1.81. The van der Waals surface area contributed by atoms with Gasteiger partial charge in [0.05, 0.1) is 12.1 Å². The number of amides is 1. The molecule has 0 radical (unpaired) electrons. The summed E-state index contributed by atoms with van der Waals surface area (Å²) in [4.78, 5) is 15.1. The van der Waals surface area contributed by atoms with Crippen LogP contribution < -0.4 is 5.32 Å². The monoisotopic (exact) mass is 388 g/mol. The average molecular weight is 389 g/mol. The molecule has 2 atom stereocenters. The SMILES string of the molecule is Cc1c(C#N)c(NC(=O)CN2CCSC(C)C2C)n(C2CCCCC2)c1C. The van der Waals surface area contributed by atoms with Gasteiger partial charge in [-0.05, 0) is 39.2 Å². The van der Waals surface area contributed by atoms with Crippen LogP contribution in [0.3, 0.4) is 0 Å². The number of hydrogen-bond donors (Lipinski definition) is 1. The molecule has 1 saturated carbocycles. The third kappa shape index (κ3) is 4.20. The van der Waals surface area contributed by atoms with Crippen molar-refractivity contribution in [3.05, 3.63) is 16.8 Å². The number of aromatic nitrogens is 1. The highest BCUT2D eigenvalue weighted by molar-refractivity contribution is 8.00. The van der Waals surface area contributed by atoms with Gasteiger partial charge in [0.2, 0.25) is 5.91 Å². The van der Waals surface area contributed by atoms with Crippen LogP contribution in [0.4, 0.5) is 5.82 Å². The number of rotatable bonds is 4. The number of nitriles is 1. The van der Waals surface area contributed by atoms with Crippen molar-refractivity contribution in [2.45, 2.75) is 77.1 Å². The molecule has 2 unspecified atom stereocenters. The molecule has 2 aliphatic rings. The molecule has 5 nitrogen and oxygen atoms in total. The Labute approximate surface area is 167 Å². The fourth-order valence-corrected chi connectivity index (χ4v) is 5.62. The minimum absolute atomic E-state index is 0.00740. The number of hydrogen-bond acceptors (Lipinski definition) is 4. The van der Waals surface area contributed by atoms with E-state index in [2.05, 4.69) is 41.6 Å². The van der Waals surface area contributed by atoms with E-state index in [9.17, 15) is 10.1 Å². The summed E-state index contributed by atoms with van der Waals surface area (Å²) in [5.41, 5.74) is 2.74. The van der Waals surface area contributed by atoms with Gasteiger partial charge in [0.15, 0.2) is 0 Å². The lowest BCUT2D eigenvalue weighted by Crippen LogP contribution is -2.48. The van der Waals surface area contributed by atoms with Crippen LogP contribution in [0.2, 0.25) is 0 Å². The van der Waals surface area contributed by atoms with E-state index in [1.165, 1.54) is 19.3 Å². The van der Waals surface area contributed by atoms with Crippen LogP contribution in [-0.2, 0) is 4.79 Å². The van der Waals surface area contributed by atoms with Gasteiger partial charge in [0.1, 0.15) is 11.9 Å². The molecule has 1 aliphatic heterocycles. The van der Waals surface area contributed by atoms with Gasteiger partial charge in [-0.25, -0.2) is 0 Å². The van der Waals surface area contributed by atoms with Crippen molar-refractivity contribution in [1.82, 2.24) is 9.47 Å². The molecule has 0 spiro atoms. The largest absolute Gasteiger partial charge is 0.327 e. The number of nitrogens with zero attached hydrogens (tertiary/aromatic N) is 3. The Morgan fingerprint density at radius 2 is 1.96 bits per heavy atom. The van der Waals surface area contributed by atoms with Gasteiger partial charge >= 0.3 is 0 Å². The minimum atomic E-state index is -0.00740. The van der Waals surface area contributed by atoms with E-state index >= 15 is 0 Å². The topological polar surface area (TPSA) is 61.1 Å². The molecule has 148 valence electrons. The van der Waals surface area contributed by atoms with Crippen LogP contribution in [0.5, 0.6) is 0 Å². The molecule has 1 N–H and O–H groups in total. The fraction of sp³-hybridized carbons (Fsp3) is 0.714. The van der Waals surface area contributed by atoms with E-state index in [-0.39, 0.29) is 5.91 Å². The van der Waals surface area contributed by atoms with Crippen LogP contribution in [0.15, 0.2) is 0 Å². The lowest BCUT2D eigenvalue weighted by Gasteiger charge is -2.37. The van der Waals surface area contributed by atoms with Gasteiger partial charge in [0, 0.05) is 35.3 Å². The number of thioether (sulfide) groups is 1. The zero-order chi connectivity index (χ0) is 19.6. The third-order valence-electron chi connectivity index (χ3n) is 6.43. The zero-order valence-electron chi connectivity index (χ0n) is 17.0. The number of anilines is 1. The highest BCUT2D eigenvalue weighted by Crippen LogP contribution is 2.36. The van der Waals surface area contributed by atoms with E-state index in [0.717, 1.165) is 42.2 Å². The fourth-order valence-electron chi connectivity index (χ4n) is 4.46. The first-order valence-electron chi connectivity index (χ1n) is 10.2. The summed E-state index contributed by atoms with van der Waals surface area (Å²) in [6.07, 6.45) is 5.97. The van der Waals surface area contributed by atoms with Gasteiger partial charge in [0.25, 0.3) is 0 Å². The summed E-state index contributed by atoms with van der Waals surface area (Å²) >= 11 is 1.97. The van der Waals surface area contributed by atoms with Crippen LogP contribution in [-0.4, -0.2) is 45.5 Å². The van der Waals surface area contributed by atoms with Gasteiger partial charge in [-0.2, -0.15) is 17.0 Å². The Morgan fingerprint density at radius 1 is 1.26 bits per heavy atom. The molecule has 1 amide bonds. The maximum atomic E-state index is 12.9. The van der Waals surface area contributed by atoms with Gasteiger partial charge in [-0.3, -0.25) is 9.69 Å². The normalized spacial score (nSPS) is 24.6. The first-order chi connectivity index (χ1) is 12.9. The number of carbonyl (C=O) groups is 1. The molecular weight excluding hydrogens is 356 g/mol. The average Bonchev–Trinajstić information content (AvgIpc) is 2.89. The van der Waals surface area contributed by atoms with Gasteiger partial charge < -0.3 is 9.88 Å². The van der Waals surface area contributed by atoms with Crippen molar-refractivity contribution in [3.63, 3.8) is 0 Å². The maximum absolute atomic E-state index is 12.9. The molecule has 1 aromatic heterocycles. The predicted molar refractivity (Wildman–Crippen MR) is 112 cm³/mol. The van der Waals surface area contributed by atoms with Crippen LogP contribution in [0.1, 0.15) is 68.8 Å². The summed E-state index contributed by atoms with van der Waals surface area (Å²) in [5.74, 6) is 1.78. The van der Waals surface area contributed by atoms with Crippen LogP contribution in [0.25, 0.3) is 0 Å². The molecule has 1 aliphatic carbocycles. The Kier molecular flexibility index (Phi) is 6.54. The number of nitrogens with one attached hydrogen (secondary N) is 1. The van der Waals surface area contributed by atoms with E-state index < -0.39 is 0 Å². The Bertz CT molecular complexity index is 730. The third-order valence-corrected chi connectivity index (χ3v) is 7.77. The molecule has 2 heterocycles. The summed E-state index contributed by atoms with van der Waals surface area (Å²) in [6.45, 7) is 9.83. The Morgan fingerprint density at radius 3 is 2.63 bits per heavy atom. The molecule has 3 rings (SSSR count). The first-order valence-corrected chi connectivity index (χ1v) is 11.3. The second-order valence-electron chi connectivity index (χ2n) is 8.04. The van der Waals surface area contributed by atoms with Gasteiger partial charge in [-0.1, -0.05) is 26.2 Å². The quantitative estimate of drug-likeness (QED) is 0.838. The molecule has 0 bridgehead atoms. The highest BCUT2D eigenvalue weighted by Gasteiger charge is 2.29. The summed E-state index contributed by atoms with van der Waals surface area (Å²) in [5, 5.41) is 13.4. The van der Waals surface area contributed by atoms with Gasteiger partial charge in [-0.15, -0.1) is 0 Å². The zero-order valence-corrected chi connectivity index (χ0v) is 17.9. The first kappa shape index (κ1) is 20.3. The van der Waals surface area contributed by atoms with E-state index in [1.807, 2.05) is 18.7 Å². The molecule has 0 aromatic carbocycles. The standard InChI is InChI=1S/C21H32N4OS/c1-14-15(2)25(18-8-6-5-7-9-18)21(19(14)12-22)23-20(26)13-24-10-11-27-17(4)16(24)3/h16-18H,5-11,13H2,1-4H3,(H,23,26). The second kappa shape index (κ2) is 8.70. The summed E-state index contributed by atoms with van der Waals surface area (Å²) < 4.78 is 2.24. The molecular formula is C21H32N4OS. The van der Waals surface area contributed by atoms with Crippen molar-refractivity contribution >= 4 is 23.5 Å². The van der Waals surface area contributed by atoms with Crippen molar-refractivity contribution in [2.24, 2.45) is 0 Å². The predicted octanol–water partition coefficient (Wildman–Crippen LogP) is 4.25. The van der Waals surface area contributed by atoms with Crippen molar-refractivity contribution < 1.29 is 4.79 Å². The second-order valence-corrected chi connectivity index (χ2v) is 9.53. The summed E-state index contributed by atoms with van der Waals surface area (Å²) in [6, 6.07) is 3.11. The molecule has 1 saturated heterocycles. The van der Waals surface area contributed by atoms with E-state index in [4.69, 9.17) is 0 Å². The summed E-state index contributed by atoms with van der Waals surface area (Å²) in [7, 11) is 0. The molecule has 27 heavy (non-hydrogen) atoms. The van der Waals surface area contributed by atoms with Crippen molar-refractivity contribution in [2.75, 3.05) is 24.2 Å². The lowest BCUT2D eigenvalue weighted by molar-refractivity contribution is -0.117. The molecule has 1 aromatic rings. The molecule has 2 fully saturated rings. The van der Waals surface area contributed by atoms with Crippen LogP contribution in [0, 0.1) is 25.2 Å². The molecule has 6 heteroatoms. The Hall–Kier alpha value is -1.45. The smallest absolute Gasteiger partial charge is 0.239 e. The lowest BCUT2D eigenvalue weighted by atomic mass is 9.95. The van der Waals surface area contributed by atoms with Crippen molar-refractivity contribution in [1.29, 1.82) is 5.26 Å².